The first-order valence-corrected chi connectivity index (χ1v) is 8.79. The summed E-state index contributed by atoms with van der Waals surface area (Å²) in [5, 5.41) is 9.04. The molecular weight excluding hydrogens is 293 g/mol. The highest BCUT2D eigenvalue weighted by Crippen LogP contribution is 2.28. The molecule has 0 amide bonds. The fourth-order valence-corrected chi connectivity index (χ4v) is 4.14. The minimum absolute atomic E-state index is 0.313. The SMILES string of the molecule is CC1CCCC(CNS(=O)(=O)c2cc(CO)ccc2F)C1. The fraction of sp³-hybridized carbons (Fsp3) is 0.600. The number of nitrogens with one attached hydrogen (secondary N) is 1. The monoisotopic (exact) mass is 315 g/mol. The van der Waals surface area contributed by atoms with E-state index in [1.165, 1.54) is 18.6 Å². The van der Waals surface area contributed by atoms with E-state index in [0.717, 1.165) is 25.3 Å². The van der Waals surface area contributed by atoms with Crippen molar-refractivity contribution in [3.8, 4) is 0 Å². The summed E-state index contributed by atoms with van der Waals surface area (Å²) in [4.78, 5) is -0.391. The number of benzene rings is 1. The zero-order valence-electron chi connectivity index (χ0n) is 12.2. The zero-order chi connectivity index (χ0) is 15.5. The summed E-state index contributed by atoms with van der Waals surface area (Å²) in [5.74, 6) is 0.132. The predicted octanol–water partition coefficient (Wildman–Crippen LogP) is 2.42. The van der Waals surface area contributed by atoms with E-state index in [1.54, 1.807) is 0 Å². The quantitative estimate of drug-likeness (QED) is 0.877. The van der Waals surface area contributed by atoms with Crippen molar-refractivity contribution in [2.24, 2.45) is 11.8 Å². The lowest BCUT2D eigenvalue weighted by molar-refractivity contribution is 0.281. The van der Waals surface area contributed by atoms with E-state index in [0.29, 0.717) is 23.9 Å². The average molecular weight is 315 g/mol. The molecule has 21 heavy (non-hydrogen) atoms. The van der Waals surface area contributed by atoms with Gasteiger partial charge in [0.25, 0.3) is 0 Å². The number of aliphatic hydroxyl groups is 1. The van der Waals surface area contributed by atoms with Crippen LogP contribution in [0.3, 0.4) is 0 Å². The molecule has 1 aromatic carbocycles. The highest BCUT2D eigenvalue weighted by molar-refractivity contribution is 7.89. The lowest BCUT2D eigenvalue weighted by Crippen LogP contribution is -2.32. The maximum Gasteiger partial charge on any atom is 0.243 e. The van der Waals surface area contributed by atoms with Gasteiger partial charge in [-0.2, -0.15) is 0 Å². The van der Waals surface area contributed by atoms with Crippen LogP contribution in [0.4, 0.5) is 4.39 Å². The minimum atomic E-state index is -3.88. The number of halogens is 1. The van der Waals surface area contributed by atoms with Crippen molar-refractivity contribution in [3.63, 3.8) is 0 Å². The van der Waals surface area contributed by atoms with Crippen LogP contribution in [0.1, 0.15) is 38.2 Å². The maximum absolute atomic E-state index is 13.7. The normalized spacial score (nSPS) is 23.2. The van der Waals surface area contributed by atoms with Gasteiger partial charge < -0.3 is 5.11 Å². The molecule has 6 heteroatoms. The smallest absolute Gasteiger partial charge is 0.243 e. The Morgan fingerprint density at radius 2 is 2.14 bits per heavy atom. The molecule has 2 atom stereocenters. The third kappa shape index (κ3) is 4.25. The van der Waals surface area contributed by atoms with Crippen LogP contribution in [0.2, 0.25) is 0 Å². The first-order chi connectivity index (χ1) is 9.92. The van der Waals surface area contributed by atoms with Gasteiger partial charge in [-0.05, 0) is 42.4 Å². The number of aliphatic hydroxyl groups excluding tert-OH is 1. The summed E-state index contributed by atoms with van der Waals surface area (Å²) in [6.45, 7) is 2.20. The summed E-state index contributed by atoms with van der Waals surface area (Å²) < 4.78 is 40.7. The van der Waals surface area contributed by atoms with Crippen LogP contribution in [0, 0.1) is 17.7 Å². The van der Waals surface area contributed by atoms with Gasteiger partial charge in [-0.1, -0.05) is 25.8 Å². The molecule has 0 radical (unpaired) electrons. The van der Waals surface area contributed by atoms with Crippen molar-refractivity contribution in [1.29, 1.82) is 0 Å². The Bertz CT molecular complexity index is 589. The second-order valence-corrected chi connectivity index (χ2v) is 7.65. The predicted molar refractivity (Wildman–Crippen MR) is 78.6 cm³/mol. The fourth-order valence-electron chi connectivity index (χ4n) is 2.90. The molecular formula is C15H22FNO3S. The number of sulfonamides is 1. The lowest BCUT2D eigenvalue weighted by Gasteiger charge is -2.26. The molecule has 0 aromatic heterocycles. The van der Waals surface area contributed by atoms with Gasteiger partial charge in [-0.3, -0.25) is 0 Å². The van der Waals surface area contributed by atoms with Crippen LogP contribution < -0.4 is 4.72 Å². The lowest BCUT2D eigenvalue weighted by atomic mass is 9.83. The summed E-state index contributed by atoms with van der Waals surface area (Å²) in [7, 11) is -3.88. The first kappa shape index (κ1) is 16.4. The molecule has 2 unspecified atom stereocenters. The number of rotatable bonds is 5. The molecule has 118 valence electrons. The van der Waals surface area contributed by atoms with Gasteiger partial charge in [0.05, 0.1) is 6.61 Å². The molecule has 0 aliphatic heterocycles. The average Bonchev–Trinajstić information content (AvgIpc) is 2.46. The van der Waals surface area contributed by atoms with Crippen molar-refractivity contribution >= 4 is 10.0 Å². The molecule has 2 N–H and O–H groups in total. The van der Waals surface area contributed by atoms with E-state index in [2.05, 4.69) is 11.6 Å². The highest BCUT2D eigenvalue weighted by Gasteiger charge is 2.23. The standard InChI is InChI=1S/C15H22FNO3S/c1-11-3-2-4-12(7-11)9-17-21(19,20)15-8-13(10-18)5-6-14(15)16/h5-6,8,11-12,17-18H,2-4,7,9-10H2,1H3. The Hall–Kier alpha value is -0.980. The molecule has 1 aliphatic rings. The summed E-state index contributed by atoms with van der Waals surface area (Å²) >= 11 is 0. The van der Waals surface area contributed by atoms with E-state index < -0.39 is 20.7 Å². The number of hydrogen-bond donors (Lipinski definition) is 2. The van der Waals surface area contributed by atoms with Crippen molar-refractivity contribution in [2.75, 3.05) is 6.54 Å². The van der Waals surface area contributed by atoms with Crippen LogP contribution in [0.15, 0.2) is 23.1 Å². The number of hydrogen-bond acceptors (Lipinski definition) is 3. The van der Waals surface area contributed by atoms with Crippen LogP contribution in [0.25, 0.3) is 0 Å². The Kier molecular flexibility index (Phi) is 5.35. The van der Waals surface area contributed by atoms with Crippen molar-refractivity contribution in [1.82, 2.24) is 4.72 Å². The summed E-state index contributed by atoms with van der Waals surface area (Å²) in [6, 6.07) is 3.63. The Morgan fingerprint density at radius 3 is 2.81 bits per heavy atom. The Morgan fingerprint density at radius 1 is 1.38 bits per heavy atom. The third-order valence-corrected chi connectivity index (χ3v) is 5.51. The molecule has 0 spiro atoms. The van der Waals surface area contributed by atoms with Crippen LogP contribution in [-0.4, -0.2) is 20.1 Å². The van der Waals surface area contributed by atoms with Gasteiger partial charge in [0.15, 0.2) is 0 Å². The van der Waals surface area contributed by atoms with E-state index in [-0.39, 0.29) is 6.61 Å². The van der Waals surface area contributed by atoms with Crippen molar-refractivity contribution < 1.29 is 17.9 Å². The highest BCUT2D eigenvalue weighted by atomic mass is 32.2. The van der Waals surface area contributed by atoms with Crippen molar-refractivity contribution in [2.45, 2.75) is 44.1 Å². The largest absolute Gasteiger partial charge is 0.392 e. The van der Waals surface area contributed by atoms with Crippen molar-refractivity contribution in [3.05, 3.63) is 29.6 Å². The van der Waals surface area contributed by atoms with Gasteiger partial charge in [-0.15, -0.1) is 0 Å². The first-order valence-electron chi connectivity index (χ1n) is 7.31. The Labute approximate surface area is 125 Å². The van der Waals surface area contributed by atoms with Gasteiger partial charge in [0, 0.05) is 6.54 Å². The van der Waals surface area contributed by atoms with E-state index in [1.807, 2.05) is 0 Å². The topological polar surface area (TPSA) is 66.4 Å². The summed E-state index contributed by atoms with van der Waals surface area (Å²) in [6.07, 6.45) is 4.31. The van der Waals surface area contributed by atoms with Crippen LogP contribution >= 0.6 is 0 Å². The van der Waals surface area contributed by atoms with E-state index >= 15 is 0 Å². The van der Waals surface area contributed by atoms with Crippen LogP contribution in [0.5, 0.6) is 0 Å². The second-order valence-electron chi connectivity index (χ2n) is 5.91. The minimum Gasteiger partial charge on any atom is -0.392 e. The van der Waals surface area contributed by atoms with E-state index in [4.69, 9.17) is 5.11 Å². The molecule has 0 bridgehead atoms. The molecule has 0 saturated heterocycles. The molecule has 0 heterocycles. The molecule has 1 fully saturated rings. The second kappa shape index (κ2) is 6.85. The zero-order valence-corrected chi connectivity index (χ0v) is 13.0. The van der Waals surface area contributed by atoms with Gasteiger partial charge in [0.1, 0.15) is 10.7 Å². The van der Waals surface area contributed by atoms with Gasteiger partial charge >= 0.3 is 0 Å². The Balaban J connectivity index is 2.08. The molecule has 2 rings (SSSR count). The summed E-state index contributed by atoms with van der Waals surface area (Å²) in [5.41, 5.74) is 0.378. The van der Waals surface area contributed by atoms with Gasteiger partial charge in [0.2, 0.25) is 10.0 Å². The molecule has 4 nitrogen and oxygen atoms in total. The maximum atomic E-state index is 13.7. The van der Waals surface area contributed by atoms with E-state index in [9.17, 15) is 12.8 Å². The molecule has 1 saturated carbocycles. The molecule has 1 aliphatic carbocycles. The van der Waals surface area contributed by atoms with Gasteiger partial charge in [-0.25, -0.2) is 17.5 Å². The third-order valence-electron chi connectivity index (χ3n) is 4.07. The molecule has 1 aromatic rings. The van der Waals surface area contributed by atoms with Crippen LogP contribution in [-0.2, 0) is 16.6 Å².